The van der Waals surface area contributed by atoms with Crippen molar-refractivity contribution in [2.24, 2.45) is 0 Å². The number of hydrogen-bond acceptors (Lipinski definition) is 2. The van der Waals surface area contributed by atoms with Crippen LogP contribution in [0.4, 0.5) is 0 Å². The topological polar surface area (TPSA) is 21.3 Å². The molecule has 0 amide bonds. The summed E-state index contributed by atoms with van der Waals surface area (Å²) >= 11 is 4.66. The summed E-state index contributed by atoms with van der Waals surface area (Å²) in [5.41, 5.74) is 0. The Morgan fingerprint density at radius 2 is 2.71 bits per heavy atom. The Morgan fingerprint density at radius 1 is 2.00 bits per heavy atom. The first-order valence-corrected chi connectivity index (χ1v) is 2.64. The minimum Gasteiger partial charge on any atom is -0.466 e. The third-order valence-electron chi connectivity index (χ3n) is 0.842. The quantitative estimate of drug-likeness (QED) is 0.460. The van der Waals surface area contributed by atoms with Gasteiger partial charge in [0.2, 0.25) is 0 Å². The van der Waals surface area contributed by atoms with Gasteiger partial charge in [-0.05, 0) is 19.1 Å². The molecule has 3 heteroatoms. The Labute approximate surface area is 47.9 Å². The highest BCUT2D eigenvalue weighted by atomic mass is 32.1. The van der Waals surface area contributed by atoms with E-state index in [-0.39, 0.29) is 6.10 Å². The van der Waals surface area contributed by atoms with E-state index in [2.05, 4.69) is 17.5 Å². The predicted molar refractivity (Wildman–Crippen MR) is 31.1 cm³/mol. The molecule has 1 saturated heterocycles. The summed E-state index contributed by atoms with van der Waals surface area (Å²) in [5, 5.41) is 3.41. The molecule has 0 bridgehead atoms. The van der Waals surface area contributed by atoms with Crippen molar-refractivity contribution in [2.75, 3.05) is 6.54 Å². The van der Waals surface area contributed by atoms with E-state index in [9.17, 15) is 0 Å². The van der Waals surface area contributed by atoms with Gasteiger partial charge < -0.3 is 10.1 Å². The summed E-state index contributed by atoms with van der Waals surface area (Å²) < 4.78 is 4.98. The van der Waals surface area contributed by atoms with Crippen LogP contribution in [-0.2, 0) is 4.74 Å². The van der Waals surface area contributed by atoms with Crippen LogP contribution in [0.1, 0.15) is 6.92 Å². The van der Waals surface area contributed by atoms with Crippen LogP contribution in [0.25, 0.3) is 0 Å². The Bertz CT molecular complexity index is 93.7. The van der Waals surface area contributed by atoms with Crippen LogP contribution in [0.3, 0.4) is 0 Å². The molecule has 1 aliphatic heterocycles. The van der Waals surface area contributed by atoms with Gasteiger partial charge in [0.25, 0.3) is 5.17 Å². The number of rotatable bonds is 0. The first-order chi connectivity index (χ1) is 3.29. The molecular formula is C4H7NOS. The highest BCUT2D eigenvalue weighted by Crippen LogP contribution is 1.96. The second-order valence-electron chi connectivity index (χ2n) is 1.60. The maximum atomic E-state index is 4.98. The Kier molecular flexibility index (Phi) is 1.15. The third-order valence-corrected chi connectivity index (χ3v) is 1.08. The molecule has 0 saturated carbocycles. The average Bonchev–Trinajstić information content (AvgIpc) is 1.87. The number of thiocarbonyl (C=S) groups is 1. The summed E-state index contributed by atoms with van der Waals surface area (Å²) in [5.74, 6) is 0. The Hall–Kier alpha value is -0.310. The molecule has 0 aromatic carbocycles. The molecule has 1 N–H and O–H groups in total. The largest absolute Gasteiger partial charge is 0.466 e. The molecule has 1 fully saturated rings. The lowest BCUT2D eigenvalue weighted by Gasteiger charge is -1.94. The molecule has 1 unspecified atom stereocenters. The van der Waals surface area contributed by atoms with Crippen molar-refractivity contribution in [1.82, 2.24) is 5.32 Å². The summed E-state index contributed by atoms with van der Waals surface area (Å²) in [7, 11) is 0. The molecular weight excluding hydrogens is 110 g/mol. The first-order valence-electron chi connectivity index (χ1n) is 2.23. The van der Waals surface area contributed by atoms with Gasteiger partial charge in [-0.15, -0.1) is 0 Å². The van der Waals surface area contributed by atoms with Crippen molar-refractivity contribution in [3.63, 3.8) is 0 Å². The predicted octanol–water partition coefficient (Wildman–Crippen LogP) is 0.280. The van der Waals surface area contributed by atoms with E-state index in [4.69, 9.17) is 4.74 Å². The van der Waals surface area contributed by atoms with E-state index in [0.29, 0.717) is 5.17 Å². The van der Waals surface area contributed by atoms with Crippen molar-refractivity contribution in [3.05, 3.63) is 0 Å². The standard InChI is InChI=1S/C4H7NOS/c1-3-2-5-4(7)6-3/h3H,2H2,1H3,(H,5,7). The molecule has 0 aromatic heterocycles. The molecule has 7 heavy (non-hydrogen) atoms. The normalized spacial score (nSPS) is 29.3. The van der Waals surface area contributed by atoms with Gasteiger partial charge in [-0.25, -0.2) is 0 Å². The van der Waals surface area contributed by atoms with E-state index in [0.717, 1.165) is 6.54 Å². The molecule has 1 rings (SSSR count). The van der Waals surface area contributed by atoms with E-state index in [1.807, 2.05) is 6.92 Å². The van der Waals surface area contributed by atoms with Crippen LogP contribution >= 0.6 is 12.2 Å². The van der Waals surface area contributed by atoms with Crippen molar-refractivity contribution in [3.8, 4) is 0 Å². The van der Waals surface area contributed by atoms with Crippen LogP contribution in [-0.4, -0.2) is 17.8 Å². The second kappa shape index (κ2) is 1.66. The molecule has 0 aromatic rings. The molecule has 1 atom stereocenters. The fourth-order valence-electron chi connectivity index (χ4n) is 0.493. The molecule has 0 aliphatic carbocycles. The zero-order valence-corrected chi connectivity index (χ0v) is 4.92. The number of nitrogens with one attached hydrogen (secondary N) is 1. The number of hydrogen-bond donors (Lipinski definition) is 1. The summed E-state index contributed by atoms with van der Waals surface area (Å²) in [6, 6.07) is 0. The first kappa shape index (κ1) is 4.84. The average molecular weight is 117 g/mol. The molecule has 1 heterocycles. The summed E-state index contributed by atoms with van der Waals surface area (Å²) in [6.45, 7) is 2.84. The molecule has 0 spiro atoms. The van der Waals surface area contributed by atoms with Crippen LogP contribution in [0.15, 0.2) is 0 Å². The van der Waals surface area contributed by atoms with Crippen LogP contribution < -0.4 is 5.32 Å². The van der Waals surface area contributed by atoms with Gasteiger partial charge in [-0.3, -0.25) is 0 Å². The smallest absolute Gasteiger partial charge is 0.257 e. The Morgan fingerprint density at radius 3 is 2.86 bits per heavy atom. The van der Waals surface area contributed by atoms with Crippen molar-refractivity contribution in [2.45, 2.75) is 13.0 Å². The maximum absolute atomic E-state index is 4.98. The minimum atomic E-state index is 0.271. The van der Waals surface area contributed by atoms with E-state index in [1.165, 1.54) is 0 Å². The van der Waals surface area contributed by atoms with Crippen molar-refractivity contribution >= 4 is 17.4 Å². The van der Waals surface area contributed by atoms with Crippen molar-refractivity contribution in [1.29, 1.82) is 0 Å². The van der Waals surface area contributed by atoms with Gasteiger partial charge in [0.05, 0.1) is 6.54 Å². The van der Waals surface area contributed by atoms with Gasteiger partial charge in [-0.2, -0.15) is 0 Å². The Balaban J connectivity index is 2.40. The lowest BCUT2D eigenvalue weighted by molar-refractivity contribution is 0.257. The zero-order valence-electron chi connectivity index (χ0n) is 4.10. The van der Waals surface area contributed by atoms with E-state index in [1.54, 1.807) is 0 Å². The molecule has 40 valence electrons. The maximum Gasteiger partial charge on any atom is 0.257 e. The van der Waals surface area contributed by atoms with Gasteiger partial charge in [0.1, 0.15) is 6.10 Å². The highest BCUT2D eigenvalue weighted by molar-refractivity contribution is 7.80. The monoisotopic (exact) mass is 117 g/mol. The fourth-order valence-corrected chi connectivity index (χ4v) is 0.741. The second-order valence-corrected chi connectivity index (χ2v) is 1.97. The minimum absolute atomic E-state index is 0.271. The summed E-state index contributed by atoms with van der Waals surface area (Å²) in [4.78, 5) is 0. The van der Waals surface area contributed by atoms with Gasteiger partial charge in [-0.1, -0.05) is 0 Å². The summed E-state index contributed by atoms with van der Waals surface area (Å²) in [6.07, 6.45) is 0.271. The van der Waals surface area contributed by atoms with Gasteiger partial charge in [0, 0.05) is 0 Å². The van der Waals surface area contributed by atoms with Gasteiger partial charge in [0.15, 0.2) is 0 Å². The van der Waals surface area contributed by atoms with E-state index >= 15 is 0 Å². The molecule has 0 radical (unpaired) electrons. The lowest BCUT2D eigenvalue weighted by Crippen LogP contribution is -2.12. The highest BCUT2D eigenvalue weighted by Gasteiger charge is 2.12. The van der Waals surface area contributed by atoms with E-state index < -0.39 is 0 Å². The third kappa shape index (κ3) is 1.03. The SMILES string of the molecule is CC1CNC(=S)O1. The molecule has 1 aliphatic rings. The van der Waals surface area contributed by atoms with Crippen molar-refractivity contribution < 1.29 is 4.74 Å². The fraction of sp³-hybridized carbons (Fsp3) is 0.750. The van der Waals surface area contributed by atoms with Crippen LogP contribution in [0.5, 0.6) is 0 Å². The van der Waals surface area contributed by atoms with Gasteiger partial charge >= 0.3 is 0 Å². The molecule has 2 nitrogen and oxygen atoms in total. The zero-order chi connectivity index (χ0) is 5.28. The van der Waals surface area contributed by atoms with Crippen LogP contribution in [0, 0.1) is 0 Å². The van der Waals surface area contributed by atoms with Crippen LogP contribution in [0.2, 0.25) is 0 Å². The number of ether oxygens (including phenoxy) is 1. The lowest BCUT2D eigenvalue weighted by atomic mass is 10.4.